The van der Waals surface area contributed by atoms with Gasteiger partial charge in [-0.15, -0.1) is 0 Å². The van der Waals surface area contributed by atoms with Crippen molar-refractivity contribution in [1.82, 2.24) is 0 Å². The van der Waals surface area contributed by atoms with Crippen molar-refractivity contribution >= 4 is 11.4 Å². The fourth-order valence-electron chi connectivity index (χ4n) is 2.49. The SMILES string of the molecule is C/C(=C\C(=O)c1ccc(C)cc1)c1coc(-c2ccc(C)cc2)c1. The van der Waals surface area contributed by atoms with Crippen molar-refractivity contribution in [3.05, 3.63) is 89.2 Å². The molecule has 3 aromatic rings. The number of carbonyl (C=O) groups excluding carboxylic acids is 1. The zero-order valence-electron chi connectivity index (χ0n) is 14.2. The standard InChI is InChI=1S/C22H20O2/c1-15-4-8-18(9-5-15)21(23)12-17(3)20-13-22(24-14-20)19-10-6-16(2)7-11-19/h4-14H,1-3H3/b17-12+. The number of furan rings is 1. The molecule has 0 bridgehead atoms. The Balaban J connectivity index is 1.82. The molecule has 2 aromatic carbocycles. The van der Waals surface area contributed by atoms with Gasteiger partial charge >= 0.3 is 0 Å². The van der Waals surface area contributed by atoms with Crippen molar-refractivity contribution in [3.8, 4) is 11.3 Å². The lowest BCUT2D eigenvalue weighted by atomic mass is 10.0. The summed E-state index contributed by atoms with van der Waals surface area (Å²) in [5, 5.41) is 0. The summed E-state index contributed by atoms with van der Waals surface area (Å²) < 4.78 is 5.66. The summed E-state index contributed by atoms with van der Waals surface area (Å²) >= 11 is 0. The zero-order valence-corrected chi connectivity index (χ0v) is 14.2. The smallest absolute Gasteiger partial charge is 0.186 e. The number of hydrogen-bond acceptors (Lipinski definition) is 2. The van der Waals surface area contributed by atoms with Gasteiger partial charge in [0.25, 0.3) is 0 Å². The number of allylic oxidation sites excluding steroid dienone is 2. The van der Waals surface area contributed by atoms with Crippen LogP contribution < -0.4 is 0 Å². The van der Waals surface area contributed by atoms with Crippen LogP contribution in [-0.2, 0) is 0 Å². The molecule has 0 aliphatic heterocycles. The second-order valence-corrected chi connectivity index (χ2v) is 6.12. The minimum atomic E-state index is 0.00517. The van der Waals surface area contributed by atoms with Gasteiger partial charge < -0.3 is 4.42 Å². The van der Waals surface area contributed by atoms with Crippen molar-refractivity contribution in [3.63, 3.8) is 0 Å². The van der Waals surface area contributed by atoms with E-state index >= 15 is 0 Å². The van der Waals surface area contributed by atoms with Gasteiger partial charge in [0.15, 0.2) is 5.78 Å². The van der Waals surface area contributed by atoms with Crippen molar-refractivity contribution in [2.75, 3.05) is 0 Å². The number of carbonyl (C=O) groups is 1. The fourth-order valence-corrected chi connectivity index (χ4v) is 2.49. The van der Waals surface area contributed by atoms with E-state index in [2.05, 4.69) is 19.1 Å². The molecule has 0 aliphatic carbocycles. The molecule has 0 amide bonds. The van der Waals surface area contributed by atoms with Crippen LogP contribution in [0.5, 0.6) is 0 Å². The molecule has 0 aliphatic rings. The van der Waals surface area contributed by atoms with Crippen molar-refractivity contribution in [2.24, 2.45) is 0 Å². The van der Waals surface area contributed by atoms with E-state index in [1.165, 1.54) is 5.56 Å². The molecule has 0 unspecified atom stereocenters. The quantitative estimate of drug-likeness (QED) is 0.446. The highest BCUT2D eigenvalue weighted by Crippen LogP contribution is 2.26. The van der Waals surface area contributed by atoms with Gasteiger partial charge in [-0.2, -0.15) is 0 Å². The fraction of sp³-hybridized carbons (Fsp3) is 0.136. The van der Waals surface area contributed by atoms with Crippen LogP contribution in [0.25, 0.3) is 16.9 Å². The van der Waals surface area contributed by atoms with Gasteiger partial charge in [-0.1, -0.05) is 59.7 Å². The Bertz CT molecular complexity index is 878. The molecule has 2 heteroatoms. The second-order valence-electron chi connectivity index (χ2n) is 6.12. The minimum Gasteiger partial charge on any atom is -0.464 e. The van der Waals surface area contributed by atoms with E-state index in [9.17, 15) is 4.79 Å². The van der Waals surface area contributed by atoms with E-state index in [4.69, 9.17) is 4.42 Å². The van der Waals surface area contributed by atoms with Crippen molar-refractivity contribution in [1.29, 1.82) is 0 Å². The van der Waals surface area contributed by atoms with E-state index in [-0.39, 0.29) is 5.78 Å². The van der Waals surface area contributed by atoms with Gasteiger partial charge in [-0.05, 0) is 38.5 Å². The van der Waals surface area contributed by atoms with Crippen LogP contribution in [-0.4, -0.2) is 5.78 Å². The Morgan fingerprint density at radius 3 is 2.08 bits per heavy atom. The van der Waals surface area contributed by atoms with Crippen LogP contribution in [0.3, 0.4) is 0 Å². The van der Waals surface area contributed by atoms with Gasteiger partial charge in [0.2, 0.25) is 0 Å². The summed E-state index contributed by atoms with van der Waals surface area (Å²) in [5.41, 5.74) is 5.90. The largest absolute Gasteiger partial charge is 0.464 e. The van der Waals surface area contributed by atoms with Crippen LogP contribution in [0.4, 0.5) is 0 Å². The molecule has 0 radical (unpaired) electrons. The summed E-state index contributed by atoms with van der Waals surface area (Å²) in [4.78, 5) is 12.3. The molecular formula is C22H20O2. The van der Waals surface area contributed by atoms with E-state index in [1.807, 2.05) is 56.3 Å². The second kappa shape index (κ2) is 6.71. The number of ketones is 1. The monoisotopic (exact) mass is 316 g/mol. The molecule has 0 fully saturated rings. The maximum Gasteiger partial charge on any atom is 0.186 e. The first-order valence-electron chi connectivity index (χ1n) is 7.98. The molecule has 1 heterocycles. The third-order valence-corrected chi connectivity index (χ3v) is 4.07. The average Bonchev–Trinajstić information content (AvgIpc) is 3.06. The third kappa shape index (κ3) is 3.54. The molecule has 3 rings (SSSR count). The van der Waals surface area contributed by atoms with Gasteiger partial charge in [-0.3, -0.25) is 4.79 Å². The van der Waals surface area contributed by atoms with Crippen molar-refractivity contribution in [2.45, 2.75) is 20.8 Å². The number of benzene rings is 2. The number of aryl methyl sites for hydroxylation is 2. The molecule has 2 nitrogen and oxygen atoms in total. The average molecular weight is 316 g/mol. The molecule has 24 heavy (non-hydrogen) atoms. The topological polar surface area (TPSA) is 30.2 Å². The molecule has 0 spiro atoms. The summed E-state index contributed by atoms with van der Waals surface area (Å²) in [7, 11) is 0. The molecular weight excluding hydrogens is 296 g/mol. The summed E-state index contributed by atoms with van der Waals surface area (Å²) in [6, 6.07) is 17.8. The first-order chi connectivity index (χ1) is 11.5. The Kier molecular flexibility index (Phi) is 4.48. The van der Waals surface area contributed by atoms with Crippen LogP contribution in [0, 0.1) is 13.8 Å². The van der Waals surface area contributed by atoms with Crippen LogP contribution >= 0.6 is 0 Å². The highest BCUT2D eigenvalue weighted by Gasteiger charge is 2.08. The summed E-state index contributed by atoms with van der Waals surface area (Å²) in [6.07, 6.45) is 3.36. The maximum absolute atomic E-state index is 12.3. The highest BCUT2D eigenvalue weighted by atomic mass is 16.3. The predicted molar refractivity (Wildman–Crippen MR) is 98.0 cm³/mol. The Morgan fingerprint density at radius 2 is 1.46 bits per heavy atom. The summed E-state index contributed by atoms with van der Waals surface area (Å²) in [5.74, 6) is 0.811. The third-order valence-electron chi connectivity index (χ3n) is 4.07. The number of hydrogen-bond donors (Lipinski definition) is 0. The van der Waals surface area contributed by atoms with Gasteiger partial charge in [0, 0.05) is 16.7 Å². The number of rotatable bonds is 4. The Morgan fingerprint density at radius 1 is 0.875 bits per heavy atom. The highest BCUT2D eigenvalue weighted by molar-refractivity contribution is 6.08. The lowest BCUT2D eigenvalue weighted by molar-refractivity contribution is 0.104. The predicted octanol–water partition coefficient (Wildman–Crippen LogP) is 5.85. The van der Waals surface area contributed by atoms with Gasteiger partial charge in [0.05, 0.1) is 6.26 Å². The molecule has 0 N–H and O–H groups in total. The summed E-state index contributed by atoms with van der Waals surface area (Å²) in [6.45, 7) is 5.99. The van der Waals surface area contributed by atoms with E-state index in [1.54, 1.807) is 12.3 Å². The molecule has 0 atom stereocenters. The van der Waals surface area contributed by atoms with E-state index < -0.39 is 0 Å². The van der Waals surface area contributed by atoms with Gasteiger partial charge in [-0.25, -0.2) is 0 Å². The van der Waals surface area contributed by atoms with Gasteiger partial charge in [0.1, 0.15) is 5.76 Å². The van der Waals surface area contributed by atoms with Crippen LogP contribution in [0.2, 0.25) is 0 Å². The van der Waals surface area contributed by atoms with Crippen molar-refractivity contribution < 1.29 is 9.21 Å². The molecule has 0 saturated carbocycles. The molecule has 120 valence electrons. The van der Waals surface area contributed by atoms with Crippen LogP contribution in [0.15, 0.2) is 71.4 Å². The molecule has 1 aromatic heterocycles. The maximum atomic E-state index is 12.3. The van der Waals surface area contributed by atoms with Crippen LogP contribution in [0.1, 0.15) is 34.0 Å². The van der Waals surface area contributed by atoms with E-state index in [0.717, 1.165) is 28.0 Å². The molecule has 0 saturated heterocycles. The Hall–Kier alpha value is -2.87. The van der Waals surface area contributed by atoms with E-state index in [0.29, 0.717) is 5.56 Å². The first-order valence-corrected chi connectivity index (χ1v) is 7.98. The lowest BCUT2D eigenvalue weighted by Crippen LogP contribution is -1.95. The normalized spacial score (nSPS) is 11.5. The zero-order chi connectivity index (χ0) is 17.1. The Labute approximate surface area is 142 Å². The lowest BCUT2D eigenvalue weighted by Gasteiger charge is -1.99. The minimum absolute atomic E-state index is 0.00517. The first kappa shape index (κ1) is 16.0.